The number of rotatable bonds is 6. The molecule has 3 aliphatic heterocycles. The molecule has 51 heavy (non-hydrogen) atoms. The molecule has 1 fully saturated rings. The van der Waals surface area contributed by atoms with Gasteiger partial charge in [0.05, 0.1) is 26.3 Å². The molecule has 3 amide bonds. The maximum absolute atomic E-state index is 13.2. The lowest BCUT2D eigenvalue weighted by Crippen LogP contribution is -2.55. The molecule has 0 saturated carbocycles. The van der Waals surface area contributed by atoms with Crippen LogP contribution in [0.2, 0.25) is 0 Å². The van der Waals surface area contributed by atoms with Crippen LogP contribution in [0.15, 0.2) is 109 Å². The zero-order valence-corrected chi connectivity index (χ0v) is 28.3. The minimum absolute atomic E-state index is 0.0329. The zero-order valence-electron chi connectivity index (χ0n) is 28.3. The molecule has 4 aromatic carbocycles. The van der Waals surface area contributed by atoms with Crippen LogP contribution in [0.4, 0.5) is 9.59 Å². The van der Waals surface area contributed by atoms with Gasteiger partial charge in [0.25, 0.3) is 0 Å². The van der Waals surface area contributed by atoms with Gasteiger partial charge in [-0.15, -0.1) is 0 Å². The second-order valence-corrected chi connectivity index (χ2v) is 12.6. The molecule has 7 rings (SSSR count). The fraction of sp³-hybridized carbons (Fsp3) is 0.300. The predicted molar refractivity (Wildman–Crippen MR) is 187 cm³/mol. The van der Waals surface area contributed by atoms with Gasteiger partial charge in [-0.05, 0) is 33.4 Å². The third-order valence-electron chi connectivity index (χ3n) is 9.27. The summed E-state index contributed by atoms with van der Waals surface area (Å²) in [5, 5.41) is 9.42. The maximum atomic E-state index is 13.2. The summed E-state index contributed by atoms with van der Waals surface area (Å²) < 4.78 is 16.2. The SMILES string of the molecule is O=C(O)[C@@H]1Cc2ccccc2CN1C(=O)OCc1ccccc1.O=C([C@@H]1Cc2ccccc2CN1C(=O)OCc1ccccc1)N1CCOCC1. The molecule has 0 aliphatic carbocycles. The first-order valence-electron chi connectivity index (χ1n) is 17.0. The van der Waals surface area contributed by atoms with E-state index in [-0.39, 0.29) is 25.7 Å². The van der Waals surface area contributed by atoms with Gasteiger partial charge in [0, 0.05) is 25.9 Å². The predicted octanol–water partition coefficient (Wildman–Crippen LogP) is 5.44. The quantitative estimate of drug-likeness (QED) is 0.283. The molecule has 1 saturated heterocycles. The molecule has 0 aromatic heterocycles. The molecule has 0 bridgehead atoms. The van der Waals surface area contributed by atoms with E-state index in [1.807, 2.05) is 109 Å². The number of carboxylic acid groups (broad SMARTS) is 1. The lowest BCUT2D eigenvalue weighted by atomic mass is 9.93. The molecular formula is C40H41N3O8. The Hall–Kier alpha value is -5.68. The van der Waals surface area contributed by atoms with Gasteiger partial charge in [0.1, 0.15) is 25.3 Å². The average molecular weight is 692 g/mol. The number of nitrogens with zero attached hydrogens (tertiary/aromatic N) is 3. The van der Waals surface area contributed by atoms with Crippen molar-refractivity contribution in [1.29, 1.82) is 0 Å². The molecule has 0 unspecified atom stereocenters. The summed E-state index contributed by atoms with van der Waals surface area (Å²) >= 11 is 0. The van der Waals surface area contributed by atoms with Crippen molar-refractivity contribution in [3.05, 3.63) is 143 Å². The van der Waals surface area contributed by atoms with Gasteiger partial charge in [0.15, 0.2) is 0 Å². The zero-order chi connectivity index (χ0) is 35.6. The van der Waals surface area contributed by atoms with Crippen molar-refractivity contribution >= 4 is 24.1 Å². The van der Waals surface area contributed by atoms with E-state index in [9.17, 15) is 24.3 Å². The van der Waals surface area contributed by atoms with Gasteiger partial charge in [-0.25, -0.2) is 14.4 Å². The van der Waals surface area contributed by atoms with Crippen LogP contribution in [-0.4, -0.2) is 82.3 Å². The molecule has 3 aliphatic rings. The molecule has 0 spiro atoms. The van der Waals surface area contributed by atoms with Crippen molar-refractivity contribution < 1.29 is 38.5 Å². The highest BCUT2D eigenvalue weighted by atomic mass is 16.6. The molecule has 2 atom stereocenters. The Morgan fingerprint density at radius 1 is 0.588 bits per heavy atom. The molecule has 1 N–H and O–H groups in total. The molecule has 3 heterocycles. The number of aliphatic carboxylic acids is 1. The highest BCUT2D eigenvalue weighted by Gasteiger charge is 2.38. The molecule has 4 aromatic rings. The van der Waals surface area contributed by atoms with E-state index in [0.717, 1.165) is 33.4 Å². The van der Waals surface area contributed by atoms with E-state index in [1.54, 1.807) is 9.80 Å². The number of hydrogen-bond acceptors (Lipinski definition) is 7. The van der Waals surface area contributed by atoms with E-state index < -0.39 is 30.2 Å². The highest BCUT2D eigenvalue weighted by molar-refractivity contribution is 5.87. The Morgan fingerprint density at radius 2 is 1.00 bits per heavy atom. The van der Waals surface area contributed by atoms with Crippen molar-refractivity contribution in [2.24, 2.45) is 0 Å². The fourth-order valence-corrected chi connectivity index (χ4v) is 6.47. The first kappa shape index (κ1) is 35.2. The first-order chi connectivity index (χ1) is 24.9. The van der Waals surface area contributed by atoms with Crippen molar-refractivity contribution in [2.75, 3.05) is 26.3 Å². The third-order valence-corrected chi connectivity index (χ3v) is 9.27. The minimum atomic E-state index is -1.02. The van der Waals surface area contributed by atoms with Crippen molar-refractivity contribution in [3.63, 3.8) is 0 Å². The summed E-state index contributed by atoms with van der Waals surface area (Å²) in [7, 11) is 0. The van der Waals surface area contributed by atoms with Gasteiger partial charge in [-0.3, -0.25) is 14.6 Å². The van der Waals surface area contributed by atoms with Crippen LogP contribution in [-0.2, 0) is 62.9 Å². The topological polar surface area (TPSA) is 126 Å². The number of carbonyl (C=O) groups is 4. The van der Waals surface area contributed by atoms with Gasteiger partial charge < -0.3 is 24.2 Å². The Balaban J connectivity index is 0.000000179. The summed E-state index contributed by atoms with van der Waals surface area (Å²) in [6, 6.07) is 33.0. The average Bonchev–Trinajstić information content (AvgIpc) is 3.19. The molecule has 0 radical (unpaired) electrons. The van der Waals surface area contributed by atoms with E-state index in [1.165, 1.54) is 4.90 Å². The van der Waals surface area contributed by atoms with Crippen LogP contribution >= 0.6 is 0 Å². The maximum Gasteiger partial charge on any atom is 0.411 e. The minimum Gasteiger partial charge on any atom is -0.480 e. The van der Waals surface area contributed by atoms with Crippen LogP contribution in [0.5, 0.6) is 0 Å². The number of amides is 3. The summed E-state index contributed by atoms with van der Waals surface area (Å²) in [5.74, 6) is -1.05. The first-order valence-corrected chi connectivity index (χ1v) is 17.0. The number of hydrogen-bond donors (Lipinski definition) is 1. The summed E-state index contributed by atoms with van der Waals surface area (Å²) in [4.78, 5) is 54.5. The number of carbonyl (C=O) groups excluding carboxylic acids is 3. The van der Waals surface area contributed by atoms with Gasteiger partial charge in [-0.1, -0.05) is 109 Å². The van der Waals surface area contributed by atoms with Crippen LogP contribution < -0.4 is 0 Å². The van der Waals surface area contributed by atoms with Crippen molar-refractivity contribution in [3.8, 4) is 0 Å². The molecular weight excluding hydrogens is 650 g/mol. The van der Waals surface area contributed by atoms with E-state index in [4.69, 9.17) is 14.2 Å². The number of fused-ring (bicyclic) bond motifs is 2. The Kier molecular flexibility index (Phi) is 11.6. The monoisotopic (exact) mass is 691 g/mol. The van der Waals surface area contributed by atoms with Gasteiger partial charge in [0.2, 0.25) is 5.91 Å². The molecule has 11 heteroatoms. The van der Waals surface area contributed by atoms with Crippen LogP contribution in [0.1, 0.15) is 33.4 Å². The highest BCUT2D eigenvalue weighted by Crippen LogP contribution is 2.27. The Morgan fingerprint density at radius 3 is 1.47 bits per heavy atom. The summed E-state index contributed by atoms with van der Waals surface area (Å²) in [6.07, 6.45) is -0.251. The number of carboxylic acids is 1. The standard InChI is InChI=1S/C22H24N2O4.C18H17NO4/c25-21(23-10-12-27-13-11-23)20-14-18-8-4-5-9-19(18)15-24(20)22(26)28-16-17-6-2-1-3-7-17;20-17(21)16-10-14-8-4-5-9-15(14)11-19(16)18(22)23-12-13-6-2-1-3-7-13/h1-9,20H,10-16H2;1-9,16H,10-12H2,(H,20,21)/t20-;16-/m00/s1. The van der Waals surface area contributed by atoms with Crippen molar-refractivity contribution in [2.45, 2.75) is 51.2 Å². The number of benzene rings is 4. The lowest BCUT2D eigenvalue weighted by Gasteiger charge is -2.38. The van der Waals surface area contributed by atoms with Gasteiger partial charge >= 0.3 is 18.2 Å². The fourth-order valence-electron chi connectivity index (χ4n) is 6.47. The van der Waals surface area contributed by atoms with Gasteiger partial charge in [-0.2, -0.15) is 0 Å². The van der Waals surface area contributed by atoms with Crippen LogP contribution in [0, 0.1) is 0 Å². The van der Waals surface area contributed by atoms with E-state index in [2.05, 4.69) is 0 Å². The number of morpholine rings is 1. The number of ether oxygens (including phenoxy) is 3. The molecule has 11 nitrogen and oxygen atoms in total. The Bertz CT molecular complexity index is 1810. The largest absolute Gasteiger partial charge is 0.480 e. The van der Waals surface area contributed by atoms with E-state index in [0.29, 0.717) is 45.7 Å². The lowest BCUT2D eigenvalue weighted by molar-refractivity contribution is -0.143. The summed E-state index contributed by atoms with van der Waals surface area (Å²) in [6.45, 7) is 3.14. The Labute approximate surface area is 296 Å². The smallest absolute Gasteiger partial charge is 0.411 e. The second-order valence-electron chi connectivity index (χ2n) is 12.6. The second kappa shape index (κ2) is 16.8. The van der Waals surface area contributed by atoms with E-state index >= 15 is 0 Å². The van der Waals surface area contributed by atoms with Crippen LogP contribution in [0.3, 0.4) is 0 Å². The summed E-state index contributed by atoms with van der Waals surface area (Å²) in [5.41, 5.74) is 5.88. The van der Waals surface area contributed by atoms with Crippen molar-refractivity contribution in [1.82, 2.24) is 14.7 Å². The van der Waals surface area contributed by atoms with Crippen LogP contribution in [0.25, 0.3) is 0 Å². The third kappa shape index (κ3) is 8.92. The molecule has 264 valence electrons. The normalized spacial score (nSPS) is 17.9.